The molecule has 0 aliphatic carbocycles. The van der Waals surface area contributed by atoms with Crippen LogP contribution in [0.5, 0.6) is 0 Å². The third-order valence-electron chi connectivity index (χ3n) is 2.35. The van der Waals surface area contributed by atoms with Crippen molar-refractivity contribution in [3.05, 3.63) is 0 Å². The van der Waals surface area contributed by atoms with E-state index in [0.29, 0.717) is 5.92 Å². The van der Waals surface area contributed by atoms with Crippen LogP contribution in [0.2, 0.25) is 0 Å². The number of nitrogens with one attached hydrogen (secondary N) is 1. The van der Waals surface area contributed by atoms with Crippen LogP contribution in [-0.2, 0) is 4.74 Å². The van der Waals surface area contributed by atoms with Crippen LogP contribution >= 0.6 is 0 Å². The van der Waals surface area contributed by atoms with E-state index in [1.165, 1.54) is 0 Å². The molecule has 0 aromatic carbocycles. The number of hydrogen-bond donors (Lipinski definition) is 1. The zero-order chi connectivity index (χ0) is 9.68. The lowest BCUT2D eigenvalue weighted by Crippen LogP contribution is -2.40. The molecule has 13 heavy (non-hydrogen) atoms. The molecule has 0 bridgehead atoms. The Morgan fingerprint density at radius 3 is 2.54 bits per heavy atom. The van der Waals surface area contributed by atoms with Gasteiger partial charge in [-0.05, 0) is 12.3 Å². The highest BCUT2D eigenvalue weighted by Crippen LogP contribution is 2.07. The first kappa shape index (κ1) is 10.5. The summed E-state index contributed by atoms with van der Waals surface area (Å²) in [5.41, 5.74) is 0. The van der Waals surface area contributed by atoms with Crippen LogP contribution in [0.25, 0.3) is 0 Å². The highest BCUT2D eigenvalue weighted by atomic mass is 16.5. The SMILES string of the molecule is CC(C)CCC(=N)N1CCOCC1. The minimum Gasteiger partial charge on any atom is -0.378 e. The maximum Gasteiger partial charge on any atom is 0.0959 e. The van der Waals surface area contributed by atoms with Crippen LogP contribution in [0, 0.1) is 11.3 Å². The smallest absolute Gasteiger partial charge is 0.0959 e. The first-order chi connectivity index (χ1) is 6.20. The van der Waals surface area contributed by atoms with Gasteiger partial charge in [0.1, 0.15) is 0 Å². The van der Waals surface area contributed by atoms with Gasteiger partial charge in [0.05, 0.1) is 19.0 Å². The molecule has 3 heteroatoms. The van der Waals surface area contributed by atoms with E-state index in [2.05, 4.69) is 18.7 Å². The van der Waals surface area contributed by atoms with E-state index in [4.69, 9.17) is 10.1 Å². The van der Waals surface area contributed by atoms with E-state index in [1.807, 2.05) is 0 Å². The predicted octanol–water partition coefficient (Wildman–Crippen LogP) is 1.73. The Kier molecular flexibility index (Phi) is 4.22. The molecule has 0 amide bonds. The molecule has 0 atom stereocenters. The third-order valence-corrected chi connectivity index (χ3v) is 2.35. The first-order valence-corrected chi connectivity index (χ1v) is 5.10. The second-order valence-corrected chi connectivity index (χ2v) is 3.98. The molecule has 1 fully saturated rings. The van der Waals surface area contributed by atoms with Gasteiger partial charge < -0.3 is 9.64 Å². The monoisotopic (exact) mass is 184 g/mol. The largest absolute Gasteiger partial charge is 0.378 e. The van der Waals surface area contributed by atoms with Crippen molar-refractivity contribution in [2.45, 2.75) is 26.7 Å². The van der Waals surface area contributed by atoms with Crippen molar-refractivity contribution in [1.82, 2.24) is 4.90 Å². The van der Waals surface area contributed by atoms with Crippen molar-refractivity contribution >= 4 is 5.84 Å². The first-order valence-electron chi connectivity index (χ1n) is 5.10. The maximum absolute atomic E-state index is 7.85. The van der Waals surface area contributed by atoms with Gasteiger partial charge in [-0.15, -0.1) is 0 Å². The zero-order valence-corrected chi connectivity index (χ0v) is 8.68. The number of nitrogens with zero attached hydrogens (tertiary/aromatic N) is 1. The van der Waals surface area contributed by atoms with Gasteiger partial charge >= 0.3 is 0 Å². The molecule has 0 unspecified atom stereocenters. The van der Waals surface area contributed by atoms with Crippen LogP contribution < -0.4 is 0 Å². The molecule has 0 radical (unpaired) electrons. The summed E-state index contributed by atoms with van der Waals surface area (Å²) in [5, 5.41) is 7.85. The lowest BCUT2D eigenvalue weighted by Gasteiger charge is -2.29. The quantitative estimate of drug-likeness (QED) is 0.535. The van der Waals surface area contributed by atoms with Crippen LogP contribution in [0.15, 0.2) is 0 Å². The molecular weight excluding hydrogens is 164 g/mol. The summed E-state index contributed by atoms with van der Waals surface area (Å²) in [5.74, 6) is 1.48. The van der Waals surface area contributed by atoms with E-state index < -0.39 is 0 Å². The molecule has 3 nitrogen and oxygen atoms in total. The molecule has 1 N–H and O–H groups in total. The van der Waals surface area contributed by atoms with E-state index in [0.717, 1.165) is 45.0 Å². The van der Waals surface area contributed by atoms with E-state index in [1.54, 1.807) is 0 Å². The highest BCUT2D eigenvalue weighted by molar-refractivity contribution is 5.79. The molecule has 76 valence electrons. The van der Waals surface area contributed by atoms with Gasteiger partial charge in [0, 0.05) is 19.5 Å². The van der Waals surface area contributed by atoms with Gasteiger partial charge in [-0.3, -0.25) is 5.41 Å². The van der Waals surface area contributed by atoms with Crippen molar-refractivity contribution < 1.29 is 4.74 Å². The number of morpholine rings is 1. The minimum absolute atomic E-state index is 0.696. The van der Waals surface area contributed by atoms with Crippen LogP contribution in [0.4, 0.5) is 0 Å². The summed E-state index contributed by atoms with van der Waals surface area (Å²) in [6.07, 6.45) is 2.04. The lowest BCUT2D eigenvalue weighted by molar-refractivity contribution is 0.0667. The van der Waals surface area contributed by atoms with Crippen molar-refractivity contribution in [3.63, 3.8) is 0 Å². The normalized spacial score (nSPS) is 17.9. The summed E-state index contributed by atoms with van der Waals surface area (Å²) in [6, 6.07) is 0. The zero-order valence-electron chi connectivity index (χ0n) is 8.68. The number of rotatable bonds is 3. The second-order valence-electron chi connectivity index (χ2n) is 3.98. The Balaban J connectivity index is 2.21. The van der Waals surface area contributed by atoms with Crippen molar-refractivity contribution in [2.75, 3.05) is 26.3 Å². The molecule has 1 heterocycles. The maximum atomic E-state index is 7.85. The Labute approximate surface area is 80.6 Å². The number of hydrogen-bond acceptors (Lipinski definition) is 2. The third kappa shape index (κ3) is 3.77. The van der Waals surface area contributed by atoms with Gasteiger partial charge in [0.25, 0.3) is 0 Å². The fourth-order valence-electron chi connectivity index (χ4n) is 1.42. The highest BCUT2D eigenvalue weighted by Gasteiger charge is 2.13. The van der Waals surface area contributed by atoms with Crippen molar-refractivity contribution in [3.8, 4) is 0 Å². The van der Waals surface area contributed by atoms with Crippen molar-refractivity contribution in [2.24, 2.45) is 5.92 Å². The molecule has 0 aromatic heterocycles. The topological polar surface area (TPSA) is 36.3 Å². The average molecular weight is 184 g/mol. The van der Waals surface area contributed by atoms with E-state index in [-0.39, 0.29) is 0 Å². The second kappa shape index (κ2) is 5.22. The molecular formula is C10H20N2O. The molecule has 0 spiro atoms. The van der Waals surface area contributed by atoms with E-state index >= 15 is 0 Å². The van der Waals surface area contributed by atoms with Crippen molar-refractivity contribution in [1.29, 1.82) is 5.41 Å². The molecule has 1 rings (SSSR count). The fraction of sp³-hybridized carbons (Fsp3) is 0.900. The summed E-state index contributed by atoms with van der Waals surface area (Å²) >= 11 is 0. The molecule has 1 saturated heterocycles. The fourth-order valence-corrected chi connectivity index (χ4v) is 1.42. The summed E-state index contributed by atoms with van der Waals surface area (Å²) in [7, 11) is 0. The predicted molar refractivity (Wildman–Crippen MR) is 54.2 cm³/mol. The molecule has 0 saturated carbocycles. The summed E-state index contributed by atoms with van der Waals surface area (Å²) in [6.45, 7) is 7.77. The Morgan fingerprint density at radius 1 is 1.38 bits per heavy atom. The minimum atomic E-state index is 0.696. The van der Waals surface area contributed by atoms with Gasteiger partial charge in [-0.2, -0.15) is 0 Å². The van der Waals surface area contributed by atoms with Gasteiger partial charge in [0.15, 0.2) is 0 Å². The van der Waals surface area contributed by atoms with Gasteiger partial charge in [-0.25, -0.2) is 0 Å². The average Bonchev–Trinajstić information content (AvgIpc) is 2.15. The Morgan fingerprint density at radius 2 is 2.00 bits per heavy atom. The number of amidine groups is 1. The summed E-state index contributed by atoms with van der Waals surface area (Å²) in [4.78, 5) is 2.13. The molecule has 1 aliphatic heterocycles. The Hall–Kier alpha value is -0.570. The van der Waals surface area contributed by atoms with Crippen LogP contribution in [0.1, 0.15) is 26.7 Å². The van der Waals surface area contributed by atoms with Gasteiger partial charge in [0.2, 0.25) is 0 Å². The van der Waals surface area contributed by atoms with Gasteiger partial charge in [-0.1, -0.05) is 13.8 Å². The Bertz CT molecular complexity index is 162. The van der Waals surface area contributed by atoms with Crippen LogP contribution in [-0.4, -0.2) is 37.0 Å². The molecule has 0 aromatic rings. The van der Waals surface area contributed by atoms with E-state index in [9.17, 15) is 0 Å². The summed E-state index contributed by atoms with van der Waals surface area (Å²) < 4.78 is 5.24. The number of ether oxygens (including phenoxy) is 1. The lowest BCUT2D eigenvalue weighted by atomic mass is 10.1. The molecule has 1 aliphatic rings. The van der Waals surface area contributed by atoms with Crippen LogP contribution in [0.3, 0.4) is 0 Å². The standard InChI is InChI=1S/C10H20N2O/c1-9(2)3-4-10(11)12-5-7-13-8-6-12/h9,11H,3-8H2,1-2H3.